The van der Waals surface area contributed by atoms with Crippen molar-refractivity contribution in [1.29, 1.82) is 0 Å². The molecule has 1 aliphatic rings. The summed E-state index contributed by atoms with van der Waals surface area (Å²) < 4.78 is 7.03. The van der Waals surface area contributed by atoms with E-state index in [0.717, 1.165) is 29.9 Å². The maximum Gasteiger partial charge on any atom is 0.257 e. The Bertz CT molecular complexity index is 1260. The van der Waals surface area contributed by atoms with Gasteiger partial charge in [-0.15, -0.1) is 0 Å². The van der Waals surface area contributed by atoms with Crippen molar-refractivity contribution in [2.75, 3.05) is 13.1 Å². The van der Waals surface area contributed by atoms with Gasteiger partial charge in [0.25, 0.3) is 5.91 Å². The number of furan rings is 1. The zero-order valence-electron chi connectivity index (χ0n) is 19.5. The predicted octanol–water partition coefficient (Wildman–Crippen LogP) is 4.69. The van der Waals surface area contributed by atoms with Gasteiger partial charge in [-0.25, -0.2) is 4.68 Å². The van der Waals surface area contributed by atoms with Crippen molar-refractivity contribution in [3.63, 3.8) is 0 Å². The molecule has 0 saturated carbocycles. The number of nitrogens with zero attached hydrogens (tertiary/aromatic N) is 3. The van der Waals surface area contributed by atoms with E-state index in [9.17, 15) is 9.59 Å². The molecule has 2 aromatic heterocycles. The van der Waals surface area contributed by atoms with Crippen molar-refractivity contribution in [3.05, 3.63) is 96.6 Å². The van der Waals surface area contributed by atoms with Crippen molar-refractivity contribution in [2.24, 2.45) is 5.92 Å². The van der Waals surface area contributed by atoms with E-state index in [1.807, 2.05) is 77.8 Å². The fraction of sp³-hybridized carbons (Fsp3) is 0.250. The third-order valence-electron chi connectivity index (χ3n) is 6.43. The molecular weight excluding hydrogens is 440 g/mol. The van der Waals surface area contributed by atoms with Crippen LogP contribution in [-0.2, 0) is 11.3 Å². The quantitative estimate of drug-likeness (QED) is 0.427. The van der Waals surface area contributed by atoms with Gasteiger partial charge in [0.15, 0.2) is 0 Å². The number of aromatic nitrogens is 2. The fourth-order valence-corrected chi connectivity index (χ4v) is 4.50. The van der Waals surface area contributed by atoms with Crippen molar-refractivity contribution < 1.29 is 14.0 Å². The van der Waals surface area contributed by atoms with Gasteiger partial charge in [-0.1, -0.05) is 48.5 Å². The fourth-order valence-electron chi connectivity index (χ4n) is 4.50. The molecule has 0 bridgehead atoms. The highest BCUT2D eigenvalue weighted by Crippen LogP contribution is 2.27. The maximum atomic E-state index is 13.6. The molecule has 4 aromatic rings. The molecule has 35 heavy (non-hydrogen) atoms. The van der Waals surface area contributed by atoms with Crippen LogP contribution < -0.4 is 5.32 Å². The van der Waals surface area contributed by atoms with E-state index in [1.54, 1.807) is 17.0 Å². The summed E-state index contributed by atoms with van der Waals surface area (Å²) in [6.07, 6.45) is 5.49. The van der Waals surface area contributed by atoms with E-state index in [1.165, 1.54) is 0 Å². The van der Waals surface area contributed by atoms with Crippen molar-refractivity contribution in [3.8, 4) is 16.9 Å². The van der Waals surface area contributed by atoms with E-state index in [0.29, 0.717) is 37.3 Å². The summed E-state index contributed by atoms with van der Waals surface area (Å²) in [5.74, 6) is 0.994. The highest BCUT2D eigenvalue weighted by atomic mass is 16.3. The number of rotatable bonds is 7. The molecule has 2 aromatic carbocycles. The Kier molecular flexibility index (Phi) is 6.75. The summed E-state index contributed by atoms with van der Waals surface area (Å²) in [6.45, 7) is 1.65. The first kappa shape index (κ1) is 22.7. The largest absolute Gasteiger partial charge is 0.467 e. The Morgan fingerprint density at radius 1 is 0.943 bits per heavy atom. The smallest absolute Gasteiger partial charge is 0.257 e. The van der Waals surface area contributed by atoms with E-state index in [4.69, 9.17) is 9.52 Å². The SMILES string of the molecule is O=C(CC1CCN(C(=O)c2cn(-c3ccccc3)nc2-c2ccccc2)CC1)NCc1ccco1. The molecule has 2 amide bonds. The van der Waals surface area contributed by atoms with Gasteiger partial charge in [0.1, 0.15) is 11.5 Å². The molecule has 1 aliphatic heterocycles. The lowest BCUT2D eigenvalue weighted by Gasteiger charge is -2.31. The summed E-state index contributed by atoms with van der Waals surface area (Å²) in [6, 6.07) is 23.3. The minimum absolute atomic E-state index is 0.0154. The van der Waals surface area contributed by atoms with Crippen molar-refractivity contribution in [2.45, 2.75) is 25.8 Å². The number of piperidine rings is 1. The summed E-state index contributed by atoms with van der Waals surface area (Å²) in [7, 11) is 0. The minimum Gasteiger partial charge on any atom is -0.467 e. The molecule has 3 heterocycles. The summed E-state index contributed by atoms with van der Waals surface area (Å²) in [4.78, 5) is 27.8. The van der Waals surface area contributed by atoms with Crippen LogP contribution in [0.4, 0.5) is 0 Å². The monoisotopic (exact) mass is 468 g/mol. The van der Waals surface area contributed by atoms with Gasteiger partial charge in [-0.05, 0) is 43.0 Å². The van der Waals surface area contributed by atoms with Gasteiger partial charge in [-0.3, -0.25) is 9.59 Å². The van der Waals surface area contributed by atoms with Crippen LogP contribution in [0.5, 0.6) is 0 Å². The van der Waals surface area contributed by atoms with Crippen molar-refractivity contribution in [1.82, 2.24) is 20.0 Å². The second-order valence-corrected chi connectivity index (χ2v) is 8.83. The van der Waals surface area contributed by atoms with Crippen LogP contribution in [0.15, 0.2) is 89.7 Å². The van der Waals surface area contributed by atoms with Gasteiger partial charge in [-0.2, -0.15) is 5.10 Å². The summed E-state index contributed by atoms with van der Waals surface area (Å²) >= 11 is 0. The van der Waals surface area contributed by atoms with Crippen LogP contribution in [0.3, 0.4) is 0 Å². The number of hydrogen-bond donors (Lipinski definition) is 1. The van der Waals surface area contributed by atoms with Crippen LogP contribution in [0.25, 0.3) is 16.9 Å². The molecule has 1 saturated heterocycles. The Labute approximate surface area is 204 Å². The van der Waals surface area contributed by atoms with Gasteiger partial charge in [0.05, 0.1) is 24.1 Å². The molecule has 0 unspecified atom stereocenters. The second kappa shape index (κ2) is 10.4. The maximum absolute atomic E-state index is 13.6. The zero-order chi connectivity index (χ0) is 24.0. The number of para-hydroxylation sites is 1. The van der Waals surface area contributed by atoms with Crippen LogP contribution in [-0.4, -0.2) is 39.6 Å². The highest BCUT2D eigenvalue weighted by Gasteiger charge is 2.28. The lowest BCUT2D eigenvalue weighted by Crippen LogP contribution is -2.39. The molecule has 1 fully saturated rings. The normalized spacial score (nSPS) is 14.1. The average Bonchev–Trinajstić information content (AvgIpc) is 3.59. The molecule has 0 spiro atoms. The molecule has 1 N–H and O–H groups in total. The number of benzene rings is 2. The van der Waals surface area contributed by atoms with Crippen LogP contribution in [0, 0.1) is 5.92 Å². The van der Waals surface area contributed by atoms with E-state index in [2.05, 4.69) is 5.32 Å². The first-order valence-corrected chi connectivity index (χ1v) is 12.0. The topological polar surface area (TPSA) is 80.4 Å². The zero-order valence-corrected chi connectivity index (χ0v) is 19.5. The number of carbonyl (C=O) groups is 2. The molecule has 0 radical (unpaired) electrons. The Hall–Kier alpha value is -4.13. The average molecular weight is 469 g/mol. The molecule has 178 valence electrons. The van der Waals surface area contributed by atoms with E-state index >= 15 is 0 Å². The molecule has 7 heteroatoms. The molecule has 0 atom stereocenters. The molecule has 0 aliphatic carbocycles. The number of amides is 2. The van der Waals surface area contributed by atoms with Gasteiger partial charge in [0.2, 0.25) is 5.91 Å². The Morgan fingerprint density at radius 2 is 1.66 bits per heavy atom. The van der Waals surface area contributed by atoms with Gasteiger partial charge < -0.3 is 14.6 Å². The van der Waals surface area contributed by atoms with E-state index in [-0.39, 0.29) is 17.7 Å². The number of carbonyl (C=O) groups excluding carboxylic acids is 2. The first-order valence-electron chi connectivity index (χ1n) is 12.0. The van der Waals surface area contributed by atoms with Gasteiger partial charge in [0, 0.05) is 31.3 Å². The minimum atomic E-state index is -0.0215. The molecule has 7 nitrogen and oxygen atoms in total. The number of hydrogen-bond acceptors (Lipinski definition) is 4. The number of likely N-dealkylation sites (tertiary alicyclic amines) is 1. The van der Waals surface area contributed by atoms with Crippen LogP contribution in [0.1, 0.15) is 35.4 Å². The van der Waals surface area contributed by atoms with Crippen LogP contribution >= 0.6 is 0 Å². The first-order chi connectivity index (χ1) is 17.2. The second-order valence-electron chi connectivity index (χ2n) is 8.83. The lowest BCUT2D eigenvalue weighted by atomic mass is 9.92. The standard InChI is InChI=1S/C28H28N4O3/c33-26(29-19-24-12-7-17-35-24)18-21-13-15-31(16-14-21)28(34)25-20-32(23-10-5-2-6-11-23)30-27(25)22-8-3-1-4-9-22/h1-12,17,20-21H,13-16,18-19H2,(H,29,33). The Balaban J connectivity index is 1.25. The third-order valence-corrected chi connectivity index (χ3v) is 6.43. The highest BCUT2D eigenvalue weighted by molar-refractivity contribution is 6.00. The van der Waals surface area contributed by atoms with E-state index < -0.39 is 0 Å². The number of nitrogens with one attached hydrogen (secondary N) is 1. The predicted molar refractivity (Wildman–Crippen MR) is 133 cm³/mol. The Morgan fingerprint density at radius 3 is 2.34 bits per heavy atom. The van der Waals surface area contributed by atoms with Gasteiger partial charge >= 0.3 is 0 Å². The lowest BCUT2D eigenvalue weighted by molar-refractivity contribution is -0.122. The summed E-state index contributed by atoms with van der Waals surface area (Å²) in [5, 5.41) is 7.68. The molecular formula is C28H28N4O3. The molecule has 5 rings (SSSR count). The third kappa shape index (κ3) is 5.35. The summed E-state index contributed by atoms with van der Waals surface area (Å²) in [5.41, 5.74) is 3.09. The van der Waals surface area contributed by atoms with Crippen molar-refractivity contribution >= 4 is 11.8 Å². The van der Waals surface area contributed by atoms with Crippen LogP contribution in [0.2, 0.25) is 0 Å².